The summed E-state index contributed by atoms with van der Waals surface area (Å²) in [5, 5.41) is 1.14. The summed E-state index contributed by atoms with van der Waals surface area (Å²) in [6.45, 7) is 0.574. The van der Waals surface area contributed by atoms with Crippen LogP contribution in [0.15, 0.2) is 60.8 Å². The van der Waals surface area contributed by atoms with Crippen LogP contribution >= 0.6 is 22.6 Å². The van der Waals surface area contributed by atoms with E-state index in [0.717, 1.165) is 22.2 Å². The quantitative estimate of drug-likeness (QED) is 0.645. The number of hydrogen-bond donors (Lipinski definition) is 0. The van der Waals surface area contributed by atoms with Crippen molar-refractivity contribution in [3.8, 4) is 5.75 Å². The third-order valence-corrected chi connectivity index (χ3v) is 3.54. The Morgan fingerprint density at radius 1 is 1.00 bits per heavy atom. The monoisotopic (exact) mass is 361 g/mol. The Balaban J connectivity index is 1.78. The van der Waals surface area contributed by atoms with E-state index < -0.39 is 0 Å². The smallest absolute Gasteiger partial charge is 0.120 e. The number of pyridine rings is 1. The maximum atomic E-state index is 5.80. The lowest BCUT2D eigenvalue weighted by atomic mass is 10.1. The topological polar surface area (TPSA) is 22.1 Å². The molecule has 0 bridgehead atoms. The van der Waals surface area contributed by atoms with Gasteiger partial charge in [-0.3, -0.25) is 4.98 Å². The molecular weight excluding hydrogens is 349 g/mol. The standard InChI is InChI=1S/C16H12INO/c17-14-4-1-5-15(10-14)19-11-12-6-7-16-13(9-12)3-2-8-18-16/h1-10H,11H2. The Morgan fingerprint density at radius 3 is 2.84 bits per heavy atom. The molecule has 3 rings (SSSR count). The highest BCUT2D eigenvalue weighted by molar-refractivity contribution is 14.1. The van der Waals surface area contributed by atoms with Gasteiger partial charge in [-0.25, -0.2) is 0 Å². The van der Waals surface area contributed by atoms with Gasteiger partial charge in [0.05, 0.1) is 5.52 Å². The molecule has 0 N–H and O–H groups in total. The summed E-state index contributed by atoms with van der Waals surface area (Å²) in [5.41, 5.74) is 2.17. The van der Waals surface area contributed by atoms with Crippen molar-refractivity contribution < 1.29 is 4.74 Å². The molecule has 0 saturated heterocycles. The van der Waals surface area contributed by atoms with Crippen molar-refractivity contribution in [1.29, 1.82) is 0 Å². The molecule has 3 heteroatoms. The van der Waals surface area contributed by atoms with Crippen molar-refractivity contribution in [2.45, 2.75) is 6.61 Å². The molecule has 0 aliphatic carbocycles. The first-order chi connectivity index (χ1) is 9.31. The van der Waals surface area contributed by atoms with Crippen LogP contribution in [0.5, 0.6) is 5.75 Å². The molecule has 0 atom stereocenters. The van der Waals surface area contributed by atoms with Crippen LogP contribution in [0.1, 0.15) is 5.56 Å². The van der Waals surface area contributed by atoms with E-state index in [-0.39, 0.29) is 0 Å². The van der Waals surface area contributed by atoms with Gasteiger partial charge in [0.1, 0.15) is 12.4 Å². The number of nitrogens with zero attached hydrogens (tertiary/aromatic N) is 1. The molecule has 0 aliphatic heterocycles. The second-order valence-corrected chi connectivity index (χ2v) is 5.52. The van der Waals surface area contributed by atoms with Crippen molar-refractivity contribution in [3.05, 3.63) is 69.9 Å². The highest BCUT2D eigenvalue weighted by Crippen LogP contribution is 2.18. The zero-order chi connectivity index (χ0) is 13.1. The summed E-state index contributed by atoms with van der Waals surface area (Å²) in [6, 6.07) is 18.3. The highest BCUT2D eigenvalue weighted by atomic mass is 127. The lowest BCUT2D eigenvalue weighted by Crippen LogP contribution is -1.95. The first kappa shape index (κ1) is 12.4. The van der Waals surface area contributed by atoms with Crippen LogP contribution in [0.2, 0.25) is 0 Å². The Morgan fingerprint density at radius 2 is 1.95 bits per heavy atom. The Labute approximate surface area is 125 Å². The van der Waals surface area contributed by atoms with Crippen molar-refractivity contribution in [2.75, 3.05) is 0 Å². The fourth-order valence-electron chi connectivity index (χ4n) is 1.94. The average molecular weight is 361 g/mol. The zero-order valence-corrected chi connectivity index (χ0v) is 12.4. The van der Waals surface area contributed by atoms with Gasteiger partial charge >= 0.3 is 0 Å². The Bertz CT molecular complexity index is 712. The molecule has 94 valence electrons. The van der Waals surface area contributed by atoms with E-state index in [1.54, 1.807) is 0 Å². The number of aromatic nitrogens is 1. The van der Waals surface area contributed by atoms with Gasteiger partial charge in [-0.15, -0.1) is 0 Å². The molecule has 0 amide bonds. The van der Waals surface area contributed by atoms with E-state index in [1.165, 1.54) is 3.57 Å². The summed E-state index contributed by atoms with van der Waals surface area (Å²) in [4.78, 5) is 4.31. The predicted octanol–water partition coefficient (Wildman–Crippen LogP) is 4.42. The van der Waals surface area contributed by atoms with Crippen LogP contribution in [-0.2, 0) is 6.61 Å². The van der Waals surface area contributed by atoms with Crippen LogP contribution in [0.25, 0.3) is 10.9 Å². The van der Waals surface area contributed by atoms with E-state index >= 15 is 0 Å². The lowest BCUT2D eigenvalue weighted by molar-refractivity contribution is 0.306. The summed E-state index contributed by atoms with van der Waals surface area (Å²) in [6.07, 6.45) is 1.81. The number of benzene rings is 2. The van der Waals surface area contributed by atoms with Crippen LogP contribution in [0.3, 0.4) is 0 Å². The number of halogens is 1. The van der Waals surface area contributed by atoms with Gasteiger partial charge in [0.2, 0.25) is 0 Å². The minimum Gasteiger partial charge on any atom is -0.489 e. The number of hydrogen-bond acceptors (Lipinski definition) is 2. The maximum Gasteiger partial charge on any atom is 0.120 e. The highest BCUT2D eigenvalue weighted by Gasteiger charge is 1.99. The predicted molar refractivity (Wildman–Crippen MR) is 85.2 cm³/mol. The molecule has 1 heterocycles. The molecule has 0 unspecified atom stereocenters. The molecule has 0 fully saturated rings. The van der Waals surface area contributed by atoms with Gasteiger partial charge in [-0.05, 0) is 64.6 Å². The second-order valence-electron chi connectivity index (χ2n) is 4.28. The van der Waals surface area contributed by atoms with Gasteiger partial charge in [-0.2, -0.15) is 0 Å². The van der Waals surface area contributed by atoms with E-state index in [2.05, 4.69) is 51.8 Å². The zero-order valence-electron chi connectivity index (χ0n) is 10.2. The summed E-state index contributed by atoms with van der Waals surface area (Å²) in [7, 11) is 0. The molecule has 0 radical (unpaired) electrons. The number of fused-ring (bicyclic) bond motifs is 1. The Kier molecular flexibility index (Phi) is 3.64. The minimum atomic E-state index is 0.574. The van der Waals surface area contributed by atoms with Crippen molar-refractivity contribution in [1.82, 2.24) is 4.98 Å². The first-order valence-corrected chi connectivity index (χ1v) is 7.11. The molecular formula is C16H12INO. The average Bonchev–Trinajstić information content (AvgIpc) is 2.45. The molecule has 2 nitrogen and oxygen atoms in total. The van der Waals surface area contributed by atoms with Gasteiger partial charge in [0.25, 0.3) is 0 Å². The summed E-state index contributed by atoms with van der Waals surface area (Å²) in [5.74, 6) is 0.901. The Hall–Kier alpha value is -1.62. The van der Waals surface area contributed by atoms with Crippen LogP contribution in [-0.4, -0.2) is 4.98 Å². The molecule has 1 aromatic heterocycles. The second kappa shape index (κ2) is 5.57. The largest absolute Gasteiger partial charge is 0.489 e. The molecule has 2 aromatic carbocycles. The molecule has 3 aromatic rings. The van der Waals surface area contributed by atoms with E-state index in [0.29, 0.717) is 6.61 Å². The lowest BCUT2D eigenvalue weighted by Gasteiger charge is -2.07. The summed E-state index contributed by atoms with van der Waals surface area (Å²) < 4.78 is 6.98. The van der Waals surface area contributed by atoms with Gasteiger partial charge in [-0.1, -0.05) is 18.2 Å². The molecule has 0 spiro atoms. The molecule has 19 heavy (non-hydrogen) atoms. The third-order valence-electron chi connectivity index (χ3n) is 2.87. The maximum absolute atomic E-state index is 5.80. The molecule has 0 aliphatic rings. The van der Waals surface area contributed by atoms with E-state index in [1.807, 2.05) is 36.5 Å². The minimum absolute atomic E-state index is 0.574. The van der Waals surface area contributed by atoms with Crippen molar-refractivity contribution in [2.24, 2.45) is 0 Å². The van der Waals surface area contributed by atoms with Crippen LogP contribution in [0, 0.1) is 3.57 Å². The van der Waals surface area contributed by atoms with E-state index in [9.17, 15) is 0 Å². The van der Waals surface area contributed by atoms with Gasteiger partial charge < -0.3 is 4.74 Å². The fraction of sp³-hybridized carbons (Fsp3) is 0.0625. The first-order valence-electron chi connectivity index (χ1n) is 6.03. The van der Waals surface area contributed by atoms with Crippen molar-refractivity contribution >= 4 is 33.5 Å². The van der Waals surface area contributed by atoms with Gasteiger partial charge in [0.15, 0.2) is 0 Å². The van der Waals surface area contributed by atoms with Crippen LogP contribution < -0.4 is 4.74 Å². The SMILES string of the molecule is Ic1cccc(OCc2ccc3ncccc3c2)c1. The third kappa shape index (κ3) is 3.04. The summed E-state index contributed by atoms with van der Waals surface area (Å²) >= 11 is 2.28. The fourth-order valence-corrected chi connectivity index (χ4v) is 2.45. The van der Waals surface area contributed by atoms with Crippen molar-refractivity contribution in [3.63, 3.8) is 0 Å². The number of rotatable bonds is 3. The van der Waals surface area contributed by atoms with Gasteiger partial charge in [0, 0.05) is 15.2 Å². The molecule has 0 saturated carbocycles. The normalized spacial score (nSPS) is 10.6. The van der Waals surface area contributed by atoms with Crippen LogP contribution in [0.4, 0.5) is 0 Å². The van der Waals surface area contributed by atoms with E-state index in [4.69, 9.17) is 4.74 Å². The number of ether oxygens (including phenoxy) is 1.